The van der Waals surface area contributed by atoms with Gasteiger partial charge in [-0.05, 0) is 40.9 Å². The number of carboxylic acid groups (broad SMARTS) is 1. The van der Waals surface area contributed by atoms with Crippen LogP contribution in [-0.4, -0.2) is 29.3 Å². The molecule has 0 aliphatic heterocycles. The second-order valence-corrected chi connectivity index (χ2v) is 6.88. The molecule has 0 spiro atoms. The van der Waals surface area contributed by atoms with E-state index in [1.165, 1.54) is 0 Å². The zero-order chi connectivity index (χ0) is 14.6. The molecule has 1 fully saturated rings. The fourth-order valence-corrected chi connectivity index (χ4v) is 3.31. The van der Waals surface area contributed by atoms with Gasteiger partial charge in [-0.1, -0.05) is 12.1 Å². The highest BCUT2D eigenvalue weighted by atomic mass is 79.9. The molecule has 0 aromatic heterocycles. The minimum Gasteiger partial charge on any atom is -0.481 e. The molecule has 20 heavy (non-hydrogen) atoms. The minimum absolute atomic E-state index is 0.0860. The van der Waals surface area contributed by atoms with Crippen LogP contribution in [0.3, 0.4) is 0 Å². The molecular formula is C14H16BrNO3S. The topological polar surface area (TPSA) is 66.4 Å². The van der Waals surface area contributed by atoms with Crippen LogP contribution in [0, 0.1) is 5.41 Å². The zero-order valence-corrected chi connectivity index (χ0v) is 13.3. The maximum absolute atomic E-state index is 11.7. The minimum atomic E-state index is -0.805. The van der Waals surface area contributed by atoms with Crippen LogP contribution in [0.25, 0.3) is 0 Å². The summed E-state index contributed by atoms with van der Waals surface area (Å²) in [4.78, 5) is 23.8. The third-order valence-electron chi connectivity index (χ3n) is 3.35. The van der Waals surface area contributed by atoms with Crippen LogP contribution in [-0.2, 0) is 9.59 Å². The fraction of sp³-hybridized carbons (Fsp3) is 0.429. The van der Waals surface area contributed by atoms with Crippen LogP contribution in [0.2, 0.25) is 0 Å². The first kappa shape index (κ1) is 15.4. The van der Waals surface area contributed by atoms with Crippen LogP contribution in [0.1, 0.15) is 19.3 Å². The van der Waals surface area contributed by atoms with Crippen molar-refractivity contribution in [2.24, 2.45) is 5.41 Å². The van der Waals surface area contributed by atoms with Crippen LogP contribution < -0.4 is 5.32 Å². The van der Waals surface area contributed by atoms with Crippen molar-refractivity contribution in [2.75, 3.05) is 12.3 Å². The number of hydrogen-bond donors (Lipinski definition) is 2. The Morgan fingerprint density at radius 2 is 2.05 bits per heavy atom. The molecule has 1 saturated carbocycles. The summed E-state index contributed by atoms with van der Waals surface area (Å²) in [6, 6.07) is 7.86. The van der Waals surface area contributed by atoms with Gasteiger partial charge in [-0.15, -0.1) is 11.8 Å². The van der Waals surface area contributed by atoms with Gasteiger partial charge in [-0.2, -0.15) is 0 Å². The molecule has 0 heterocycles. The second-order valence-electron chi connectivity index (χ2n) is 4.89. The molecule has 6 heteroatoms. The number of aliphatic carboxylic acids is 1. The average Bonchev–Trinajstić information content (AvgIpc) is 3.20. The summed E-state index contributed by atoms with van der Waals surface area (Å²) in [5.41, 5.74) is -0.689. The van der Waals surface area contributed by atoms with Gasteiger partial charge in [-0.3, -0.25) is 9.59 Å². The van der Waals surface area contributed by atoms with E-state index >= 15 is 0 Å². The predicted octanol–water partition coefficient (Wildman–Crippen LogP) is 2.91. The zero-order valence-electron chi connectivity index (χ0n) is 10.9. The van der Waals surface area contributed by atoms with Gasteiger partial charge in [0.25, 0.3) is 0 Å². The Morgan fingerprint density at radius 1 is 1.35 bits per heavy atom. The SMILES string of the molecule is O=C(CCSc1ccccc1Br)NCC1(C(=O)O)CC1. The van der Waals surface area contributed by atoms with Crippen LogP contribution in [0.4, 0.5) is 0 Å². The Labute approximate surface area is 130 Å². The van der Waals surface area contributed by atoms with Crippen molar-refractivity contribution < 1.29 is 14.7 Å². The molecule has 1 aromatic carbocycles. The molecule has 1 aliphatic rings. The second kappa shape index (κ2) is 6.63. The Morgan fingerprint density at radius 3 is 2.65 bits per heavy atom. The monoisotopic (exact) mass is 357 g/mol. The van der Waals surface area contributed by atoms with Gasteiger partial charge in [0.15, 0.2) is 0 Å². The van der Waals surface area contributed by atoms with E-state index in [-0.39, 0.29) is 12.5 Å². The van der Waals surface area contributed by atoms with Crippen molar-refractivity contribution in [3.05, 3.63) is 28.7 Å². The van der Waals surface area contributed by atoms with Crippen LogP contribution in [0.15, 0.2) is 33.6 Å². The predicted molar refractivity (Wildman–Crippen MR) is 81.8 cm³/mol. The fourth-order valence-electron chi connectivity index (χ4n) is 1.79. The van der Waals surface area contributed by atoms with E-state index in [4.69, 9.17) is 5.11 Å². The summed E-state index contributed by atoms with van der Waals surface area (Å²) in [5, 5.41) is 11.7. The number of nitrogens with one attached hydrogen (secondary N) is 1. The lowest BCUT2D eigenvalue weighted by atomic mass is 10.1. The third-order valence-corrected chi connectivity index (χ3v) is 5.38. The number of carboxylic acids is 1. The Hall–Kier alpha value is -1.01. The van der Waals surface area contributed by atoms with Gasteiger partial charge < -0.3 is 10.4 Å². The Balaban J connectivity index is 1.68. The number of carbonyl (C=O) groups excluding carboxylic acids is 1. The number of hydrogen-bond acceptors (Lipinski definition) is 3. The molecule has 1 amide bonds. The summed E-state index contributed by atoms with van der Waals surface area (Å²) in [5.74, 6) is -0.216. The number of thioether (sulfide) groups is 1. The quantitative estimate of drug-likeness (QED) is 0.736. The van der Waals surface area contributed by atoms with Gasteiger partial charge in [0.1, 0.15) is 0 Å². The van der Waals surface area contributed by atoms with Crippen molar-refractivity contribution in [1.29, 1.82) is 0 Å². The summed E-state index contributed by atoms with van der Waals surface area (Å²) in [6.45, 7) is 0.251. The molecule has 0 unspecified atom stereocenters. The molecule has 4 nitrogen and oxygen atoms in total. The van der Waals surface area contributed by atoms with Gasteiger partial charge in [0.2, 0.25) is 5.91 Å². The first-order valence-corrected chi connectivity index (χ1v) is 8.19. The highest BCUT2D eigenvalue weighted by Crippen LogP contribution is 2.45. The highest BCUT2D eigenvalue weighted by Gasteiger charge is 2.50. The van der Waals surface area contributed by atoms with Crippen molar-refractivity contribution in [2.45, 2.75) is 24.2 Å². The Kier molecular flexibility index (Phi) is 5.10. The lowest BCUT2D eigenvalue weighted by molar-refractivity contribution is -0.143. The van der Waals surface area contributed by atoms with E-state index < -0.39 is 11.4 Å². The number of halogens is 1. The molecular weight excluding hydrogens is 342 g/mol. The van der Waals surface area contributed by atoms with Crippen molar-refractivity contribution in [3.63, 3.8) is 0 Å². The van der Waals surface area contributed by atoms with Gasteiger partial charge in [0.05, 0.1) is 5.41 Å². The summed E-state index contributed by atoms with van der Waals surface area (Å²) >= 11 is 5.06. The summed E-state index contributed by atoms with van der Waals surface area (Å²) < 4.78 is 1.02. The van der Waals surface area contributed by atoms with Crippen molar-refractivity contribution in [3.8, 4) is 0 Å². The normalized spacial score (nSPS) is 15.7. The van der Waals surface area contributed by atoms with Gasteiger partial charge in [-0.25, -0.2) is 0 Å². The van der Waals surface area contributed by atoms with E-state index in [1.54, 1.807) is 11.8 Å². The smallest absolute Gasteiger partial charge is 0.311 e. The first-order valence-electron chi connectivity index (χ1n) is 6.41. The lowest BCUT2D eigenvalue weighted by Crippen LogP contribution is -2.34. The Bertz CT molecular complexity index is 517. The molecule has 2 rings (SSSR count). The largest absolute Gasteiger partial charge is 0.481 e. The van der Waals surface area contributed by atoms with Gasteiger partial charge in [0, 0.05) is 28.1 Å². The molecule has 2 N–H and O–H groups in total. The van der Waals surface area contributed by atoms with Gasteiger partial charge >= 0.3 is 5.97 Å². The molecule has 0 radical (unpaired) electrons. The third kappa shape index (κ3) is 3.99. The van der Waals surface area contributed by atoms with E-state index in [1.807, 2.05) is 24.3 Å². The molecule has 0 bridgehead atoms. The van der Waals surface area contributed by atoms with E-state index in [9.17, 15) is 9.59 Å². The number of rotatable bonds is 7. The maximum Gasteiger partial charge on any atom is 0.311 e. The summed E-state index contributed by atoms with van der Waals surface area (Å²) in [7, 11) is 0. The van der Waals surface area contributed by atoms with E-state index in [0.717, 1.165) is 9.37 Å². The van der Waals surface area contributed by atoms with Crippen LogP contribution in [0.5, 0.6) is 0 Å². The standard InChI is InChI=1S/C14H16BrNO3S/c15-10-3-1-2-4-11(10)20-8-5-12(17)16-9-14(6-7-14)13(18)19/h1-4H,5-9H2,(H,16,17)(H,18,19). The molecule has 1 aliphatic carbocycles. The number of carbonyl (C=O) groups is 2. The van der Waals surface area contributed by atoms with E-state index in [0.29, 0.717) is 25.0 Å². The average molecular weight is 358 g/mol. The molecule has 108 valence electrons. The molecule has 0 atom stereocenters. The van der Waals surface area contributed by atoms with E-state index in [2.05, 4.69) is 21.2 Å². The number of benzene rings is 1. The summed E-state index contributed by atoms with van der Waals surface area (Å²) in [6.07, 6.45) is 1.71. The van der Waals surface area contributed by atoms with Crippen molar-refractivity contribution in [1.82, 2.24) is 5.32 Å². The molecule has 1 aromatic rings. The number of amides is 1. The van der Waals surface area contributed by atoms with Crippen LogP contribution >= 0.6 is 27.7 Å². The maximum atomic E-state index is 11.7. The lowest BCUT2D eigenvalue weighted by Gasteiger charge is -2.11. The highest BCUT2D eigenvalue weighted by molar-refractivity contribution is 9.10. The molecule has 0 saturated heterocycles. The first-order chi connectivity index (χ1) is 9.53. The van der Waals surface area contributed by atoms with Crippen molar-refractivity contribution >= 4 is 39.6 Å².